The van der Waals surface area contributed by atoms with Crippen molar-refractivity contribution in [3.05, 3.63) is 75.7 Å². The van der Waals surface area contributed by atoms with Gasteiger partial charge in [0.25, 0.3) is 0 Å². The first-order valence-corrected chi connectivity index (χ1v) is 8.21. The van der Waals surface area contributed by atoms with Gasteiger partial charge < -0.3 is 4.74 Å². The number of hydrogen-bond donors (Lipinski definition) is 0. The second-order valence-electron chi connectivity index (χ2n) is 6.80. The summed E-state index contributed by atoms with van der Waals surface area (Å²) in [7, 11) is 0. The van der Waals surface area contributed by atoms with Crippen molar-refractivity contribution in [3.8, 4) is 0 Å². The number of carbonyl (C=O) groups is 1. The molecule has 0 atom stereocenters. The van der Waals surface area contributed by atoms with Crippen molar-refractivity contribution in [2.45, 2.75) is 26.2 Å². The average molecular weight is 358 g/mol. The molecule has 0 spiro atoms. The monoisotopic (exact) mass is 357 g/mol. The summed E-state index contributed by atoms with van der Waals surface area (Å²) < 4.78 is 19.1. The quantitative estimate of drug-likeness (QED) is 0.552. The highest BCUT2D eigenvalue weighted by Crippen LogP contribution is 2.26. The number of carbonyl (C=O) groups excluding carboxylic acids is 1. The van der Waals surface area contributed by atoms with Gasteiger partial charge in [-0.05, 0) is 41.3 Å². The van der Waals surface area contributed by atoms with Gasteiger partial charge in [0.05, 0.1) is 5.02 Å². The lowest BCUT2D eigenvalue weighted by molar-refractivity contribution is -0.129. The number of rotatable bonds is 2. The highest BCUT2D eigenvalue weighted by Gasteiger charge is 2.25. The fourth-order valence-electron chi connectivity index (χ4n) is 2.43. The first-order valence-electron chi connectivity index (χ1n) is 7.83. The highest BCUT2D eigenvalue weighted by atomic mass is 35.5. The Morgan fingerprint density at radius 1 is 1.12 bits per heavy atom. The van der Waals surface area contributed by atoms with Crippen LogP contribution in [0.1, 0.15) is 37.5 Å². The zero-order chi connectivity index (χ0) is 18.2. The molecule has 128 valence electrons. The number of esters is 1. The molecular weight excluding hydrogens is 341 g/mol. The number of aliphatic imine (C=N–C) groups is 1. The van der Waals surface area contributed by atoms with Gasteiger partial charge >= 0.3 is 5.97 Å². The molecule has 25 heavy (non-hydrogen) atoms. The van der Waals surface area contributed by atoms with E-state index >= 15 is 0 Å². The third-order valence-corrected chi connectivity index (χ3v) is 4.23. The van der Waals surface area contributed by atoms with Crippen molar-refractivity contribution >= 4 is 29.5 Å². The molecule has 0 bridgehead atoms. The van der Waals surface area contributed by atoms with Crippen LogP contribution in [0.4, 0.5) is 4.39 Å². The van der Waals surface area contributed by atoms with Crippen molar-refractivity contribution in [2.24, 2.45) is 4.99 Å². The van der Waals surface area contributed by atoms with Crippen molar-refractivity contribution < 1.29 is 13.9 Å². The summed E-state index contributed by atoms with van der Waals surface area (Å²) in [5, 5.41) is 0.207. The Bertz CT molecular complexity index is 873. The van der Waals surface area contributed by atoms with Crippen LogP contribution in [0.5, 0.6) is 0 Å². The third-order valence-electron chi connectivity index (χ3n) is 3.90. The Labute approximate surface area is 150 Å². The number of ether oxygens (including phenoxy) is 1. The standard InChI is InChI=1S/C20H17ClFNO2/c1-20(2,3)13-9-7-12(8-10-13)18-23-17(19(24)25-18)11-14-15(21)5-4-6-16(14)22/h4-11H,1-3H3/b17-11-. The molecule has 1 aliphatic heterocycles. The molecule has 0 unspecified atom stereocenters. The summed E-state index contributed by atoms with van der Waals surface area (Å²) in [6.45, 7) is 6.36. The number of hydrogen-bond acceptors (Lipinski definition) is 3. The number of nitrogens with zero attached hydrogens (tertiary/aromatic N) is 1. The SMILES string of the molecule is CC(C)(C)c1ccc(C2=N/C(=C\c3c(F)cccc3Cl)C(=O)O2)cc1. The van der Waals surface area contributed by atoms with Gasteiger partial charge in [0.15, 0.2) is 5.70 Å². The van der Waals surface area contributed by atoms with E-state index in [1.165, 1.54) is 18.2 Å². The van der Waals surface area contributed by atoms with Gasteiger partial charge in [0, 0.05) is 11.1 Å². The molecule has 0 aromatic heterocycles. The van der Waals surface area contributed by atoms with Gasteiger partial charge in [-0.15, -0.1) is 0 Å². The van der Waals surface area contributed by atoms with E-state index in [1.54, 1.807) is 6.07 Å². The lowest BCUT2D eigenvalue weighted by Gasteiger charge is -2.18. The molecule has 0 radical (unpaired) electrons. The zero-order valence-corrected chi connectivity index (χ0v) is 14.9. The fraction of sp³-hybridized carbons (Fsp3) is 0.200. The topological polar surface area (TPSA) is 38.7 Å². The first-order chi connectivity index (χ1) is 11.8. The highest BCUT2D eigenvalue weighted by molar-refractivity contribution is 6.32. The van der Waals surface area contributed by atoms with Gasteiger partial charge in [-0.1, -0.05) is 50.6 Å². The Balaban J connectivity index is 1.94. The molecule has 1 aliphatic rings. The van der Waals surface area contributed by atoms with E-state index in [1.807, 2.05) is 24.3 Å². The molecule has 0 N–H and O–H groups in total. The van der Waals surface area contributed by atoms with Crippen molar-refractivity contribution in [1.29, 1.82) is 0 Å². The molecule has 2 aromatic rings. The Hall–Kier alpha value is -2.46. The minimum atomic E-state index is -0.630. The summed E-state index contributed by atoms with van der Waals surface area (Å²) in [6.07, 6.45) is 1.30. The smallest absolute Gasteiger partial charge is 0.363 e. The second kappa shape index (κ2) is 6.45. The summed E-state index contributed by atoms with van der Waals surface area (Å²) in [6, 6.07) is 12.0. The molecule has 5 heteroatoms. The van der Waals surface area contributed by atoms with E-state index < -0.39 is 11.8 Å². The minimum absolute atomic E-state index is 0.0156. The molecule has 3 nitrogen and oxygen atoms in total. The van der Waals surface area contributed by atoms with E-state index in [0.717, 1.165) is 5.56 Å². The van der Waals surface area contributed by atoms with Crippen LogP contribution in [0.25, 0.3) is 6.08 Å². The number of halogens is 2. The van der Waals surface area contributed by atoms with Crippen molar-refractivity contribution in [3.63, 3.8) is 0 Å². The normalized spacial score (nSPS) is 16.1. The minimum Gasteiger partial charge on any atom is -0.402 e. The van der Waals surface area contributed by atoms with Crippen LogP contribution >= 0.6 is 11.6 Å². The molecule has 0 amide bonds. The van der Waals surface area contributed by atoms with Crippen LogP contribution in [0.15, 0.2) is 53.2 Å². The molecule has 0 fully saturated rings. The van der Waals surface area contributed by atoms with E-state index in [9.17, 15) is 9.18 Å². The third kappa shape index (κ3) is 3.64. The van der Waals surface area contributed by atoms with E-state index in [2.05, 4.69) is 25.8 Å². The van der Waals surface area contributed by atoms with Gasteiger partial charge in [-0.2, -0.15) is 0 Å². The van der Waals surface area contributed by atoms with Crippen molar-refractivity contribution in [1.82, 2.24) is 0 Å². The maximum absolute atomic E-state index is 13.9. The van der Waals surface area contributed by atoms with Crippen LogP contribution in [0.2, 0.25) is 5.02 Å². The number of benzene rings is 2. The summed E-state index contributed by atoms with van der Waals surface area (Å²) in [5.74, 6) is -0.954. The van der Waals surface area contributed by atoms with Crippen LogP contribution < -0.4 is 0 Å². The maximum atomic E-state index is 13.9. The molecule has 0 aliphatic carbocycles. The van der Waals surface area contributed by atoms with Crippen LogP contribution in [0, 0.1) is 5.82 Å². The van der Waals surface area contributed by atoms with Crippen LogP contribution in [-0.2, 0) is 14.9 Å². The maximum Gasteiger partial charge on any atom is 0.363 e. The molecule has 0 saturated heterocycles. The lowest BCUT2D eigenvalue weighted by Crippen LogP contribution is -2.11. The summed E-state index contributed by atoms with van der Waals surface area (Å²) >= 11 is 5.98. The largest absolute Gasteiger partial charge is 0.402 e. The zero-order valence-electron chi connectivity index (χ0n) is 14.1. The predicted molar refractivity (Wildman–Crippen MR) is 97.2 cm³/mol. The lowest BCUT2D eigenvalue weighted by atomic mass is 9.87. The molecule has 3 rings (SSSR count). The van der Waals surface area contributed by atoms with Crippen LogP contribution in [0.3, 0.4) is 0 Å². The fourth-order valence-corrected chi connectivity index (χ4v) is 2.65. The van der Waals surface area contributed by atoms with Gasteiger partial charge in [-0.3, -0.25) is 0 Å². The summed E-state index contributed by atoms with van der Waals surface area (Å²) in [4.78, 5) is 16.2. The van der Waals surface area contributed by atoms with Crippen molar-refractivity contribution in [2.75, 3.05) is 0 Å². The second-order valence-corrected chi connectivity index (χ2v) is 7.21. The Morgan fingerprint density at radius 2 is 1.80 bits per heavy atom. The summed E-state index contributed by atoms with van der Waals surface area (Å²) in [5.41, 5.74) is 2.00. The van der Waals surface area contributed by atoms with Gasteiger partial charge in [0.2, 0.25) is 5.90 Å². The van der Waals surface area contributed by atoms with E-state index in [-0.39, 0.29) is 27.6 Å². The van der Waals surface area contributed by atoms with Gasteiger partial charge in [0.1, 0.15) is 5.82 Å². The number of cyclic esters (lactones) is 1. The molecule has 0 saturated carbocycles. The Morgan fingerprint density at radius 3 is 2.40 bits per heavy atom. The Kier molecular flexibility index (Phi) is 4.48. The van der Waals surface area contributed by atoms with E-state index in [0.29, 0.717) is 5.56 Å². The molecule has 1 heterocycles. The average Bonchev–Trinajstić information content (AvgIpc) is 2.91. The predicted octanol–water partition coefficient (Wildman–Crippen LogP) is 5.12. The molecule has 2 aromatic carbocycles. The first kappa shape index (κ1) is 17.4. The van der Waals surface area contributed by atoms with Gasteiger partial charge in [-0.25, -0.2) is 14.2 Å². The van der Waals surface area contributed by atoms with Crippen LogP contribution in [-0.4, -0.2) is 11.9 Å². The molecular formula is C20H17ClFNO2. The van der Waals surface area contributed by atoms with E-state index in [4.69, 9.17) is 16.3 Å².